The van der Waals surface area contributed by atoms with Crippen molar-refractivity contribution in [1.29, 1.82) is 0 Å². The van der Waals surface area contributed by atoms with E-state index in [0.29, 0.717) is 12.3 Å². The normalized spacial score (nSPS) is 30.3. The molecule has 1 amide bonds. The van der Waals surface area contributed by atoms with Crippen molar-refractivity contribution in [3.63, 3.8) is 0 Å². The first-order valence-corrected chi connectivity index (χ1v) is 6.92. The van der Waals surface area contributed by atoms with Crippen LogP contribution >= 0.6 is 0 Å². The summed E-state index contributed by atoms with van der Waals surface area (Å²) in [6.07, 6.45) is 6.15. The minimum Gasteiger partial charge on any atom is -0.394 e. The molecule has 2 aliphatic rings. The van der Waals surface area contributed by atoms with Gasteiger partial charge in [-0.05, 0) is 38.3 Å². The fraction of sp³-hybridized carbons (Fsp3) is 0.923. The molecule has 0 aromatic carbocycles. The fourth-order valence-electron chi connectivity index (χ4n) is 2.95. The van der Waals surface area contributed by atoms with Gasteiger partial charge in [0.2, 0.25) is 5.91 Å². The molecule has 0 saturated carbocycles. The molecule has 2 fully saturated rings. The lowest BCUT2D eigenvalue weighted by molar-refractivity contribution is -0.135. The van der Waals surface area contributed by atoms with Gasteiger partial charge in [-0.2, -0.15) is 0 Å². The number of aliphatic hydroxyl groups is 1. The number of nitrogens with one attached hydrogen (secondary N) is 1. The van der Waals surface area contributed by atoms with Crippen LogP contribution in [0.3, 0.4) is 0 Å². The summed E-state index contributed by atoms with van der Waals surface area (Å²) < 4.78 is 0. The zero-order chi connectivity index (χ0) is 12.1. The molecule has 2 rings (SSSR count). The van der Waals surface area contributed by atoms with E-state index in [-0.39, 0.29) is 18.6 Å². The van der Waals surface area contributed by atoms with Gasteiger partial charge in [0.1, 0.15) is 0 Å². The smallest absolute Gasteiger partial charge is 0.223 e. The molecule has 2 N–H and O–H groups in total. The number of aliphatic hydroxyl groups excluding tert-OH is 1. The van der Waals surface area contributed by atoms with Crippen molar-refractivity contribution in [2.45, 2.75) is 44.6 Å². The minimum absolute atomic E-state index is 0.0689. The number of hydrogen-bond acceptors (Lipinski definition) is 3. The monoisotopic (exact) mass is 240 g/mol. The Bertz CT molecular complexity index is 252. The Kier molecular flexibility index (Phi) is 4.80. The molecule has 0 aromatic rings. The summed E-state index contributed by atoms with van der Waals surface area (Å²) >= 11 is 0. The zero-order valence-electron chi connectivity index (χ0n) is 10.5. The van der Waals surface area contributed by atoms with Crippen LogP contribution in [0.1, 0.15) is 38.5 Å². The summed E-state index contributed by atoms with van der Waals surface area (Å²) in [4.78, 5) is 14.2. The van der Waals surface area contributed by atoms with Gasteiger partial charge < -0.3 is 15.3 Å². The Morgan fingerprint density at radius 2 is 2.18 bits per heavy atom. The molecule has 0 aromatic heterocycles. The largest absolute Gasteiger partial charge is 0.394 e. The molecule has 4 heteroatoms. The fourth-order valence-corrected chi connectivity index (χ4v) is 2.95. The molecule has 2 saturated heterocycles. The summed E-state index contributed by atoms with van der Waals surface area (Å²) in [6.45, 7) is 2.98. The standard InChI is InChI=1S/C13H24N2O2/c16-10-12-4-2-1-3-7-15(12)13(17)8-11-5-6-14-9-11/h11-12,14,16H,1-10H2. The molecule has 0 spiro atoms. The molecule has 0 aliphatic carbocycles. The minimum atomic E-state index is 0.0689. The molecule has 2 heterocycles. The van der Waals surface area contributed by atoms with Crippen LogP contribution in [0.15, 0.2) is 0 Å². The highest BCUT2D eigenvalue weighted by Crippen LogP contribution is 2.20. The number of hydrogen-bond donors (Lipinski definition) is 2. The van der Waals surface area contributed by atoms with Crippen LogP contribution in [-0.4, -0.2) is 48.2 Å². The van der Waals surface area contributed by atoms with E-state index >= 15 is 0 Å². The average molecular weight is 240 g/mol. The van der Waals surface area contributed by atoms with E-state index in [1.165, 1.54) is 6.42 Å². The van der Waals surface area contributed by atoms with Crippen LogP contribution in [0.5, 0.6) is 0 Å². The van der Waals surface area contributed by atoms with Crippen LogP contribution in [0, 0.1) is 5.92 Å². The summed E-state index contributed by atoms with van der Waals surface area (Å²) in [7, 11) is 0. The lowest BCUT2D eigenvalue weighted by Crippen LogP contribution is -2.42. The van der Waals surface area contributed by atoms with Crippen molar-refractivity contribution in [3.05, 3.63) is 0 Å². The maximum Gasteiger partial charge on any atom is 0.223 e. The van der Waals surface area contributed by atoms with E-state index in [4.69, 9.17) is 0 Å². The summed E-state index contributed by atoms with van der Waals surface area (Å²) in [5.74, 6) is 0.754. The van der Waals surface area contributed by atoms with Crippen LogP contribution in [0.4, 0.5) is 0 Å². The molecule has 2 aliphatic heterocycles. The summed E-state index contributed by atoms with van der Waals surface area (Å²) in [5.41, 5.74) is 0. The molecule has 2 unspecified atom stereocenters. The number of carbonyl (C=O) groups is 1. The summed E-state index contributed by atoms with van der Waals surface area (Å²) in [5, 5.41) is 12.7. The van der Waals surface area contributed by atoms with E-state index in [9.17, 15) is 9.90 Å². The highest BCUT2D eigenvalue weighted by Gasteiger charge is 2.27. The average Bonchev–Trinajstić information content (AvgIpc) is 2.71. The van der Waals surface area contributed by atoms with Gasteiger partial charge in [0.15, 0.2) is 0 Å². The molecule has 0 bridgehead atoms. The first-order valence-electron chi connectivity index (χ1n) is 6.92. The Morgan fingerprint density at radius 3 is 2.88 bits per heavy atom. The van der Waals surface area contributed by atoms with Gasteiger partial charge in [-0.3, -0.25) is 4.79 Å². The van der Waals surface area contributed by atoms with E-state index in [1.807, 2.05) is 4.90 Å². The van der Waals surface area contributed by atoms with Crippen molar-refractivity contribution < 1.29 is 9.90 Å². The van der Waals surface area contributed by atoms with Crippen molar-refractivity contribution in [2.75, 3.05) is 26.2 Å². The van der Waals surface area contributed by atoms with Gasteiger partial charge in [0.05, 0.1) is 12.6 Å². The second kappa shape index (κ2) is 6.36. The Labute approximate surface area is 103 Å². The van der Waals surface area contributed by atoms with Crippen LogP contribution in [0.25, 0.3) is 0 Å². The quantitative estimate of drug-likeness (QED) is 0.765. The topological polar surface area (TPSA) is 52.6 Å². The number of carbonyl (C=O) groups excluding carboxylic acids is 1. The molecule has 17 heavy (non-hydrogen) atoms. The van der Waals surface area contributed by atoms with E-state index in [0.717, 1.165) is 45.3 Å². The van der Waals surface area contributed by atoms with Crippen molar-refractivity contribution in [1.82, 2.24) is 10.2 Å². The van der Waals surface area contributed by atoms with E-state index in [1.54, 1.807) is 0 Å². The van der Waals surface area contributed by atoms with E-state index < -0.39 is 0 Å². The molecular weight excluding hydrogens is 216 g/mol. The van der Waals surface area contributed by atoms with Gasteiger partial charge in [-0.1, -0.05) is 12.8 Å². The predicted octanol–water partition coefficient (Wildman–Crippen LogP) is 0.749. The maximum absolute atomic E-state index is 12.3. The molecule has 2 atom stereocenters. The van der Waals surface area contributed by atoms with Crippen LogP contribution < -0.4 is 5.32 Å². The third-order valence-corrected chi connectivity index (χ3v) is 4.03. The van der Waals surface area contributed by atoms with Gasteiger partial charge >= 0.3 is 0 Å². The van der Waals surface area contributed by atoms with Crippen LogP contribution in [0.2, 0.25) is 0 Å². The highest BCUT2D eigenvalue weighted by molar-refractivity contribution is 5.77. The number of rotatable bonds is 3. The Morgan fingerprint density at radius 1 is 1.29 bits per heavy atom. The van der Waals surface area contributed by atoms with Gasteiger partial charge in [-0.15, -0.1) is 0 Å². The lowest BCUT2D eigenvalue weighted by Gasteiger charge is -2.29. The lowest BCUT2D eigenvalue weighted by atomic mass is 10.0. The van der Waals surface area contributed by atoms with Crippen molar-refractivity contribution >= 4 is 5.91 Å². The number of amides is 1. The van der Waals surface area contributed by atoms with Gasteiger partial charge in [0, 0.05) is 13.0 Å². The second-order valence-electron chi connectivity index (χ2n) is 5.34. The molecular formula is C13H24N2O2. The third kappa shape index (κ3) is 3.42. The van der Waals surface area contributed by atoms with Gasteiger partial charge in [-0.25, -0.2) is 0 Å². The predicted molar refractivity (Wildman–Crippen MR) is 66.6 cm³/mol. The van der Waals surface area contributed by atoms with Gasteiger partial charge in [0.25, 0.3) is 0 Å². The molecule has 98 valence electrons. The first kappa shape index (κ1) is 12.8. The highest BCUT2D eigenvalue weighted by atomic mass is 16.3. The Hall–Kier alpha value is -0.610. The van der Waals surface area contributed by atoms with Crippen LogP contribution in [-0.2, 0) is 4.79 Å². The zero-order valence-corrected chi connectivity index (χ0v) is 10.5. The van der Waals surface area contributed by atoms with Crippen molar-refractivity contribution in [2.24, 2.45) is 5.92 Å². The molecule has 4 nitrogen and oxygen atoms in total. The molecule has 0 radical (unpaired) electrons. The SMILES string of the molecule is O=C(CC1CCNC1)N1CCCCCC1CO. The number of nitrogens with zero attached hydrogens (tertiary/aromatic N) is 1. The van der Waals surface area contributed by atoms with E-state index in [2.05, 4.69) is 5.32 Å². The second-order valence-corrected chi connectivity index (χ2v) is 5.34. The summed E-state index contributed by atoms with van der Waals surface area (Å²) in [6, 6.07) is 0.0689. The Balaban J connectivity index is 1.89. The van der Waals surface area contributed by atoms with Crippen molar-refractivity contribution in [3.8, 4) is 0 Å². The number of likely N-dealkylation sites (tertiary alicyclic amines) is 1. The third-order valence-electron chi connectivity index (χ3n) is 4.03. The maximum atomic E-state index is 12.3. The first-order chi connectivity index (χ1) is 8.31.